The first-order chi connectivity index (χ1) is 6.16. The van der Waals surface area contributed by atoms with E-state index in [9.17, 15) is 0 Å². The maximum atomic E-state index is 5.24. The number of aryl methyl sites for hydroxylation is 3. The van der Waals surface area contributed by atoms with Crippen LogP contribution in [-0.2, 0) is 11.2 Å². The van der Waals surface area contributed by atoms with Gasteiger partial charge >= 0.3 is 0 Å². The van der Waals surface area contributed by atoms with Crippen molar-refractivity contribution < 1.29 is 4.74 Å². The monoisotopic (exact) mass is 176 g/mol. The molecule has 0 aromatic heterocycles. The molecule has 1 aromatic rings. The SMILES string of the molecule is Cc1cc(C)c(CC2CO2)cc1C. The van der Waals surface area contributed by atoms with E-state index < -0.39 is 0 Å². The molecule has 1 heterocycles. The molecule has 0 saturated carbocycles. The Morgan fingerprint density at radius 1 is 1.15 bits per heavy atom. The van der Waals surface area contributed by atoms with E-state index in [0.29, 0.717) is 6.10 Å². The van der Waals surface area contributed by atoms with E-state index in [1.165, 1.54) is 22.3 Å². The maximum absolute atomic E-state index is 5.24. The lowest BCUT2D eigenvalue weighted by Crippen LogP contribution is -1.98. The van der Waals surface area contributed by atoms with Crippen LogP contribution < -0.4 is 0 Å². The largest absolute Gasteiger partial charge is 0.373 e. The molecule has 1 aliphatic heterocycles. The van der Waals surface area contributed by atoms with Gasteiger partial charge in [-0.3, -0.25) is 0 Å². The summed E-state index contributed by atoms with van der Waals surface area (Å²) < 4.78 is 5.24. The van der Waals surface area contributed by atoms with Gasteiger partial charge in [-0.15, -0.1) is 0 Å². The Labute approximate surface area is 79.7 Å². The van der Waals surface area contributed by atoms with Crippen LogP contribution in [0, 0.1) is 20.8 Å². The van der Waals surface area contributed by atoms with Gasteiger partial charge in [0.15, 0.2) is 0 Å². The molecule has 1 nitrogen and oxygen atoms in total. The quantitative estimate of drug-likeness (QED) is 0.631. The van der Waals surface area contributed by atoms with Crippen LogP contribution in [-0.4, -0.2) is 12.7 Å². The highest BCUT2D eigenvalue weighted by Crippen LogP contribution is 2.21. The smallest absolute Gasteiger partial charge is 0.0850 e. The normalized spacial score (nSPS) is 20.4. The Kier molecular flexibility index (Phi) is 2.12. The van der Waals surface area contributed by atoms with E-state index in [2.05, 4.69) is 32.9 Å². The fourth-order valence-corrected chi connectivity index (χ4v) is 1.67. The van der Waals surface area contributed by atoms with Crippen LogP contribution in [0.5, 0.6) is 0 Å². The Morgan fingerprint density at radius 3 is 2.38 bits per heavy atom. The predicted octanol–water partition coefficient (Wildman–Crippen LogP) is 2.55. The average Bonchev–Trinajstić information content (AvgIpc) is 2.84. The van der Waals surface area contributed by atoms with Crippen LogP contribution >= 0.6 is 0 Å². The zero-order valence-electron chi connectivity index (χ0n) is 8.55. The van der Waals surface area contributed by atoms with Crippen LogP contribution in [0.15, 0.2) is 12.1 Å². The highest BCUT2D eigenvalue weighted by atomic mass is 16.6. The van der Waals surface area contributed by atoms with Crippen molar-refractivity contribution in [3.63, 3.8) is 0 Å². The van der Waals surface area contributed by atoms with Gasteiger partial charge in [-0.2, -0.15) is 0 Å². The average molecular weight is 176 g/mol. The third-order valence-electron chi connectivity index (χ3n) is 2.80. The molecule has 1 saturated heterocycles. The molecule has 0 radical (unpaired) electrons. The van der Waals surface area contributed by atoms with Gasteiger partial charge in [-0.25, -0.2) is 0 Å². The van der Waals surface area contributed by atoms with Crippen LogP contribution in [0.2, 0.25) is 0 Å². The lowest BCUT2D eigenvalue weighted by molar-refractivity contribution is 0.407. The number of benzene rings is 1. The summed E-state index contributed by atoms with van der Waals surface area (Å²) >= 11 is 0. The first-order valence-electron chi connectivity index (χ1n) is 4.85. The number of ether oxygens (including phenoxy) is 1. The lowest BCUT2D eigenvalue weighted by Gasteiger charge is -2.08. The summed E-state index contributed by atoms with van der Waals surface area (Å²) in [6.07, 6.45) is 1.59. The Morgan fingerprint density at radius 2 is 1.77 bits per heavy atom. The summed E-state index contributed by atoms with van der Waals surface area (Å²) in [5, 5.41) is 0. The van der Waals surface area contributed by atoms with E-state index in [0.717, 1.165) is 13.0 Å². The highest BCUT2D eigenvalue weighted by Gasteiger charge is 2.23. The number of hydrogen-bond donors (Lipinski definition) is 0. The second-order valence-electron chi connectivity index (χ2n) is 4.02. The fourth-order valence-electron chi connectivity index (χ4n) is 1.67. The molecule has 0 spiro atoms. The standard InChI is InChI=1S/C12H16O/c1-8-4-10(3)11(5-9(8)2)6-12-7-13-12/h4-5,12H,6-7H2,1-3H3. The zero-order chi connectivity index (χ0) is 9.42. The van der Waals surface area contributed by atoms with Crippen molar-refractivity contribution in [2.45, 2.75) is 33.3 Å². The minimum absolute atomic E-state index is 0.501. The minimum Gasteiger partial charge on any atom is -0.373 e. The van der Waals surface area contributed by atoms with Crippen LogP contribution in [0.3, 0.4) is 0 Å². The molecule has 0 amide bonds. The van der Waals surface area contributed by atoms with Gasteiger partial charge in [0.05, 0.1) is 12.7 Å². The van der Waals surface area contributed by atoms with E-state index in [1.54, 1.807) is 0 Å². The van der Waals surface area contributed by atoms with Crippen LogP contribution in [0.1, 0.15) is 22.3 Å². The molecule has 70 valence electrons. The molecule has 1 unspecified atom stereocenters. The topological polar surface area (TPSA) is 12.5 Å². The van der Waals surface area contributed by atoms with Crippen molar-refractivity contribution in [1.29, 1.82) is 0 Å². The Hall–Kier alpha value is -0.820. The predicted molar refractivity (Wildman–Crippen MR) is 54.1 cm³/mol. The summed E-state index contributed by atoms with van der Waals surface area (Å²) in [6.45, 7) is 7.47. The van der Waals surface area contributed by atoms with Gasteiger partial charge in [0.1, 0.15) is 0 Å². The first kappa shape index (κ1) is 8.76. The molecule has 0 N–H and O–H groups in total. The summed E-state index contributed by atoms with van der Waals surface area (Å²) in [5.41, 5.74) is 5.63. The van der Waals surface area contributed by atoms with Crippen molar-refractivity contribution >= 4 is 0 Å². The molecular weight excluding hydrogens is 160 g/mol. The third-order valence-corrected chi connectivity index (χ3v) is 2.80. The minimum atomic E-state index is 0.501. The Balaban J connectivity index is 2.27. The molecular formula is C12H16O. The van der Waals surface area contributed by atoms with Gasteiger partial charge in [-0.05, 0) is 43.0 Å². The van der Waals surface area contributed by atoms with Gasteiger partial charge in [0.2, 0.25) is 0 Å². The first-order valence-corrected chi connectivity index (χ1v) is 4.85. The van der Waals surface area contributed by atoms with E-state index in [4.69, 9.17) is 4.74 Å². The van der Waals surface area contributed by atoms with Gasteiger partial charge in [0.25, 0.3) is 0 Å². The molecule has 1 aliphatic rings. The van der Waals surface area contributed by atoms with E-state index in [1.807, 2.05) is 0 Å². The van der Waals surface area contributed by atoms with Crippen molar-refractivity contribution in [2.24, 2.45) is 0 Å². The van der Waals surface area contributed by atoms with Crippen molar-refractivity contribution in [3.8, 4) is 0 Å². The molecule has 1 atom stereocenters. The molecule has 1 heteroatoms. The lowest BCUT2D eigenvalue weighted by atomic mass is 9.98. The molecule has 2 rings (SSSR count). The van der Waals surface area contributed by atoms with Crippen molar-refractivity contribution in [2.75, 3.05) is 6.61 Å². The molecule has 1 aromatic carbocycles. The fraction of sp³-hybridized carbons (Fsp3) is 0.500. The molecule has 13 heavy (non-hydrogen) atoms. The third kappa shape index (κ3) is 1.92. The summed E-state index contributed by atoms with van der Waals surface area (Å²) in [6, 6.07) is 4.57. The number of rotatable bonds is 2. The summed E-state index contributed by atoms with van der Waals surface area (Å²) in [4.78, 5) is 0. The second-order valence-corrected chi connectivity index (χ2v) is 4.02. The van der Waals surface area contributed by atoms with Crippen LogP contribution in [0.25, 0.3) is 0 Å². The van der Waals surface area contributed by atoms with E-state index in [-0.39, 0.29) is 0 Å². The summed E-state index contributed by atoms with van der Waals surface area (Å²) in [5.74, 6) is 0. The summed E-state index contributed by atoms with van der Waals surface area (Å²) in [7, 11) is 0. The zero-order valence-corrected chi connectivity index (χ0v) is 8.55. The Bertz CT molecular complexity index is 324. The van der Waals surface area contributed by atoms with Gasteiger partial charge < -0.3 is 4.74 Å². The number of hydrogen-bond acceptors (Lipinski definition) is 1. The van der Waals surface area contributed by atoms with Gasteiger partial charge in [0, 0.05) is 6.42 Å². The molecule has 0 aliphatic carbocycles. The van der Waals surface area contributed by atoms with E-state index >= 15 is 0 Å². The van der Waals surface area contributed by atoms with Crippen molar-refractivity contribution in [1.82, 2.24) is 0 Å². The number of epoxide rings is 1. The van der Waals surface area contributed by atoms with Crippen molar-refractivity contribution in [3.05, 3.63) is 34.4 Å². The maximum Gasteiger partial charge on any atom is 0.0850 e. The molecule has 1 fully saturated rings. The molecule has 0 bridgehead atoms. The second kappa shape index (κ2) is 3.15. The van der Waals surface area contributed by atoms with Crippen LogP contribution in [0.4, 0.5) is 0 Å². The van der Waals surface area contributed by atoms with Gasteiger partial charge in [-0.1, -0.05) is 12.1 Å². The highest BCUT2D eigenvalue weighted by molar-refractivity contribution is 5.36.